The van der Waals surface area contributed by atoms with E-state index >= 15 is 0 Å². The van der Waals surface area contributed by atoms with E-state index in [2.05, 4.69) is 10.3 Å². The molecule has 8 nitrogen and oxygen atoms in total. The standard InChI is InChI=1S/C21H23Cl2N3O5S/c1-5-30-19(28)16-12-6-7-26(20(29)31-21(2,3)4)10-13(12)32-18(16)25-17(27)11-8-14(22)24-15(23)9-11/h8-9H,5-7,10H2,1-4H3,(H,25,27). The highest BCUT2D eigenvalue weighted by Gasteiger charge is 2.32. The van der Waals surface area contributed by atoms with E-state index in [4.69, 9.17) is 32.7 Å². The monoisotopic (exact) mass is 499 g/mol. The zero-order chi connectivity index (χ0) is 23.6. The number of nitrogens with one attached hydrogen (secondary N) is 1. The van der Waals surface area contributed by atoms with Crippen LogP contribution in [0.5, 0.6) is 0 Å². The molecule has 0 saturated heterocycles. The van der Waals surface area contributed by atoms with E-state index in [1.807, 2.05) is 0 Å². The predicted molar refractivity (Wildman–Crippen MR) is 123 cm³/mol. The SMILES string of the molecule is CCOC(=O)c1c(NC(=O)c2cc(Cl)nc(Cl)c2)sc2c1CCN(C(=O)OC(C)(C)C)C2. The van der Waals surface area contributed by atoms with Gasteiger partial charge in [0.15, 0.2) is 0 Å². The largest absolute Gasteiger partial charge is 0.462 e. The van der Waals surface area contributed by atoms with Crippen molar-refractivity contribution in [1.82, 2.24) is 9.88 Å². The van der Waals surface area contributed by atoms with Gasteiger partial charge in [-0.1, -0.05) is 23.2 Å². The minimum atomic E-state index is -0.616. The van der Waals surface area contributed by atoms with Gasteiger partial charge in [-0.15, -0.1) is 11.3 Å². The molecule has 0 unspecified atom stereocenters. The smallest absolute Gasteiger partial charge is 0.410 e. The van der Waals surface area contributed by atoms with E-state index < -0.39 is 23.6 Å². The first kappa shape index (κ1) is 24.3. The highest BCUT2D eigenvalue weighted by Crippen LogP contribution is 2.38. The summed E-state index contributed by atoms with van der Waals surface area (Å²) in [4.78, 5) is 44.2. The normalized spacial score (nSPS) is 13.4. The van der Waals surface area contributed by atoms with Crippen LogP contribution in [0, 0.1) is 0 Å². The summed E-state index contributed by atoms with van der Waals surface area (Å²) in [7, 11) is 0. The number of carbonyl (C=O) groups is 3. The minimum absolute atomic E-state index is 0.0757. The summed E-state index contributed by atoms with van der Waals surface area (Å²) in [6.45, 7) is 7.95. The lowest BCUT2D eigenvalue weighted by molar-refractivity contribution is 0.0226. The number of esters is 1. The molecular weight excluding hydrogens is 477 g/mol. The number of thiophene rings is 1. The van der Waals surface area contributed by atoms with Crippen molar-refractivity contribution in [2.24, 2.45) is 0 Å². The van der Waals surface area contributed by atoms with Gasteiger partial charge in [-0.2, -0.15) is 0 Å². The molecule has 32 heavy (non-hydrogen) atoms. The Bertz CT molecular complexity index is 1040. The van der Waals surface area contributed by atoms with Gasteiger partial charge in [-0.25, -0.2) is 14.6 Å². The van der Waals surface area contributed by atoms with Gasteiger partial charge in [-0.05, 0) is 51.8 Å². The van der Waals surface area contributed by atoms with Crippen molar-refractivity contribution in [3.63, 3.8) is 0 Å². The summed E-state index contributed by atoms with van der Waals surface area (Å²) in [5.41, 5.74) is 0.644. The first-order valence-electron chi connectivity index (χ1n) is 9.92. The van der Waals surface area contributed by atoms with Crippen LogP contribution in [0.1, 0.15) is 58.9 Å². The van der Waals surface area contributed by atoms with Gasteiger partial charge in [0.05, 0.1) is 18.7 Å². The number of ether oxygens (including phenoxy) is 2. The number of amides is 2. The Kier molecular flexibility index (Phi) is 7.32. The lowest BCUT2D eigenvalue weighted by Gasteiger charge is -2.30. The number of pyridine rings is 1. The van der Waals surface area contributed by atoms with Crippen LogP contribution in [0.2, 0.25) is 10.3 Å². The van der Waals surface area contributed by atoms with Crippen LogP contribution in [0.3, 0.4) is 0 Å². The summed E-state index contributed by atoms with van der Waals surface area (Å²) in [6.07, 6.45) is 0.00282. The number of hydrogen-bond donors (Lipinski definition) is 1. The van der Waals surface area contributed by atoms with Gasteiger partial charge in [0, 0.05) is 17.0 Å². The first-order valence-corrected chi connectivity index (χ1v) is 11.5. The van der Waals surface area contributed by atoms with Gasteiger partial charge in [0.1, 0.15) is 20.9 Å². The van der Waals surface area contributed by atoms with E-state index in [0.717, 1.165) is 10.4 Å². The molecule has 0 atom stereocenters. The van der Waals surface area contributed by atoms with Crippen molar-refractivity contribution in [2.45, 2.75) is 46.3 Å². The number of fused-ring (bicyclic) bond motifs is 1. The average molecular weight is 500 g/mol. The van der Waals surface area contributed by atoms with Gasteiger partial charge in [0.25, 0.3) is 5.91 Å². The molecule has 0 aromatic carbocycles. The molecule has 0 fully saturated rings. The second-order valence-electron chi connectivity index (χ2n) is 8.04. The summed E-state index contributed by atoms with van der Waals surface area (Å²) in [6, 6.07) is 2.76. The van der Waals surface area contributed by atoms with Crippen molar-refractivity contribution in [2.75, 3.05) is 18.5 Å². The molecule has 0 aliphatic carbocycles. The van der Waals surface area contributed by atoms with E-state index in [-0.39, 0.29) is 29.0 Å². The summed E-state index contributed by atoms with van der Waals surface area (Å²) in [5, 5.41) is 3.25. The molecule has 11 heteroatoms. The van der Waals surface area contributed by atoms with Crippen LogP contribution in [0.15, 0.2) is 12.1 Å². The molecule has 0 bridgehead atoms. The Morgan fingerprint density at radius 2 is 1.88 bits per heavy atom. The van der Waals surface area contributed by atoms with E-state index in [1.54, 1.807) is 32.6 Å². The van der Waals surface area contributed by atoms with Crippen LogP contribution >= 0.6 is 34.5 Å². The highest BCUT2D eigenvalue weighted by atomic mass is 35.5. The number of rotatable bonds is 4. The highest BCUT2D eigenvalue weighted by molar-refractivity contribution is 7.17. The Hall–Kier alpha value is -2.36. The van der Waals surface area contributed by atoms with Crippen LogP contribution in [-0.4, -0.2) is 46.6 Å². The van der Waals surface area contributed by atoms with Crippen LogP contribution in [-0.2, 0) is 22.4 Å². The second kappa shape index (κ2) is 9.64. The third-order valence-electron chi connectivity index (χ3n) is 4.44. The number of aromatic nitrogens is 1. The molecule has 0 radical (unpaired) electrons. The molecule has 172 valence electrons. The van der Waals surface area contributed by atoms with Gasteiger partial charge in [-0.3, -0.25) is 4.79 Å². The van der Waals surface area contributed by atoms with Crippen LogP contribution in [0.25, 0.3) is 0 Å². The molecule has 0 spiro atoms. The molecule has 2 aromatic rings. The number of anilines is 1. The number of carbonyl (C=O) groups excluding carboxylic acids is 3. The topological polar surface area (TPSA) is 97.8 Å². The van der Waals surface area contributed by atoms with Crippen molar-refractivity contribution in [1.29, 1.82) is 0 Å². The average Bonchev–Trinajstić information content (AvgIpc) is 3.03. The molecule has 1 aliphatic heterocycles. The number of halogens is 2. The molecule has 2 amide bonds. The maximum absolute atomic E-state index is 12.8. The molecule has 0 saturated carbocycles. The van der Waals surface area contributed by atoms with E-state index in [9.17, 15) is 14.4 Å². The van der Waals surface area contributed by atoms with Crippen molar-refractivity contribution in [3.05, 3.63) is 44.0 Å². The zero-order valence-corrected chi connectivity index (χ0v) is 20.4. The van der Waals surface area contributed by atoms with Crippen LogP contribution in [0.4, 0.5) is 9.80 Å². The molecule has 3 heterocycles. The maximum Gasteiger partial charge on any atom is 0.410 e. The lowest BCUT2D eigenvalue weighted by Crippen LogP contribution is -2.39. The molecule has 1 aliphatic rings. The van der Waals surface area contributed by atoms with E-state index in [0.29, 0.717) is 23.5 Å². The maximum atomic E-state index is 12.8. The molecule has 1 N–H and O–H groups in total. The second-order valence-corrected chi connectivity index (χ2v) is 9.92. The minimum Gasteiger partial charge on any atom is -0.462 e. The number of nitrogens with zero attached hydrogens (tertiary/aromatic N) is 2. The quantitative estimate of drug-likeness (QED) is 0.460. The van der Waals surface area contributed by atoms with Crippen molar-refractivity contribution in [3.8, 4) is 0 Å². The fraction of sp³-hybridized carbons (Fsp3) is 0.429. The lowest BCUT2D eigenvalue weighted by atomic mass is 10.0. The van der Waals surface area contributed by atoms with Crippen molar-refractivity contribution >= 4 is 57.5 Å². The Labute approximate surface area is 199 Å². The first-order chi connectivity index (χ1) is 15.0. The fourth-order valence-corrected chi connectivity index (χ4v) is 4.87. The van der Waals surface area contributed by atoms with E-state index in [1.165, 1.54) is 23.5 Å². The van der Waals surface area contributed by atoms with Gasteiger partial charge in [0.2, 0.25) is 0 Å². The Morgan fingerprint density at radius 3 is 2.47 bits per heavy atom. The molecule has 2 aromatic heterocycles. The third kappa shape index (κ3) is 5.70. The zero-order valence-electron chi connectivity index (χ0n) is 18.1. The Morgan fingerprint density at radius 1 is 1.22 bits per heavy atom. The van der Waals surface area contributed by atoms with Crippen molar-refractivity contribution < 1.29 is 23.9 Å². The summed E-state index contributed by atoms with van der Waals surface area (Å²) < 4.78 is 10.7. The number of hydrogen-bond acceptors (Lipinski definition) is 7. The predicted octanol–water partition coefficient (Wildman–Crippen LogP) is 5.17. The summed E-state index contributed by atoms with van der Waals surface area (Å²) >= 11 is 13.0. The Balaban J connectivity index is 1.91. The molecular formula is C21H23Cl2N3O5S. The van der Waals surface area contributed by atoms with Gasteiger partial charge >= 0.3 is 12.1 Å². The third-order valence-corrected chi connectivity index (χ3v) is 5.96. The fourth-order valence-electron chi connectivity index (χ4n) is 3.16. The van der Waals surface area contributed by atoms with Gasteiger partial charge < -0.3 is 19.7 Å². The molecule has 3 rings (SSSR count). The summed E-state index contributed by atoms with van der Waals surface area (Å²) in [5.74, 6) is -1.03. The van der Waals surface area contributed by atoms with Crippen LogP contribution < -0.4 is 5.32 Å².